The van der Waals surface area contributed by atoms with E-state index < -0.39 is 5.97 Å². The molecule has 0 heterocycles. The maximum Gasteiger partial charge on any atom is 0.338 e. The lowest BCUT2D eigenvalue weighted by Crippen LogP contribution is -2.34. The molecule has 0 aliphatic carbocycles. The number of ether oxygens (including phenoxy) is 1. The Balaban J connectivity index is 1.74. The maximum absolute atomic E-state index is 12.8. The minimum Gasteiger partial charge on any atom is -0.452 e. The summed E-state index contributed by atoms with van der Waals surface area (Å²) >= 11 is 0. The molecule has 3 aromatic rings. The van der Waals surface area contributed by atoms with Crippen LogP contribution in [0.25, 0.3) is 10.8 Å². The zero-order valence-electron chi connectivity index (χ0n) is 16.4. The molecule has 3 aromatic carbocycles. The number of likely N-dealkylation sites (N-methyl/N-ethyl adjacent to an activating group) is 1. The smallest absolute Gasteiger partial charge is 0.338 e. The predicted molar refractivity (Wildman–Crippen MR) is 113 cm³/mol. The third kappa shape index (κ3) is 4.14. The molecule has 1 amide bonds. The van der Waals surface area contributed by atoms with Crippen molar-refractivity contribution in [1.82, 2.24) is 0 Å². The fraction of sp³-hybridized carbons (Fsp3) is 0.217. The average molecular weight is 376 g/mol. The van der Waals surface area contributed by atoms with Gasteiger partial charge in [-0.1, -0.05) is 42.5 Å². The van der Waals surface area contributed by atoms with Crippen LogP contribution >= 0.6 is 0 Å². The molecule has 0 aliphatic rings. The number of nitrogens with zero attached hydrogens (tertiary/aromatic N) is 2. The highest BCUT2D eigenvalue weighted by Crippen LogP contribution is 2.26. The maximum atomic E-state index is 12.8. The third-order valence-electron chi connectivity index (χ3n) is 4.60. The van der Waals surface area contributed by atoms with Gasteiger partial charge in [-0.25, -0.2) is 4.79 Å². The summed E-state index contributed by atoms with van der Waals surface area (Å²) in [5.41, 5.74) is 2.13. The first-order valence-corrected chi connectivity index (χ1v) is 9.24. The van der Waals surface area contributed by atoms with E-state index >= 15 is 0 Å². The minimum absolute atomic E-state index is 0.254. The normalized spacial score (nSPS) is 10.5. The standard InChI is InChI=1S/C23H24N2O3/c1-4-25(21-14-8-10-17-9-5-6-13-20(17)21)22(26)16-28-23(27)18-11-7-12-19(15-18)24(2)3/h5-15H,4,16H2,1-3H3. The molecule has 0 atom stereocenters. The Morgan fingerprint density at radius 2 is 1.64 bits per heavy atom. The second kappa shape index (κ2) is 8.57. The van der Waals surface area contributed by atoms with E-state index in [-0.39, 0.29) is 12.5 Å². The van der Waals surface area contributed by atoms with E-state index in [0.717, 1.165) is 22.1 Å². The van der Waals surface area contributed by atoms with Crippen LogP contribution in [0.4, 0.5) is 11.4 Å². The Bertz CT molecular complexity index is 993. The number of amides is 1. The monoisotopic (exact) mass is 376 g/mol. The van der Waals surface area contributed by atoms with Gasteiger partial charge in [-0.3, -0.25) is 4.79 Å². The van der Waals surface area contributed by atoms with Crippen molar-refractivity contribution < 1.29 is 14.3 Å². The molecule has 144 valence electrons. The summed E-state index contributed by atoms with van der Waals surface area (Å²) in [7, 11) is 3.80. The van der Waals surface area contributed by atoms with Crippen molar-refractivity contribution in [2.24, 2.45) is 0 Å². The first kappa shape index (κ1) is 19.4. The minimum atomic E-state index is -0.508. The van der Waals surface area contributed by atoms with Crippen molar-refractivity contribution in [3.8, 4) is 0 Å². The van der Waals surface area contributed by atoms with Gasteiger partial charge in [0.1, 0.15) is 0 Å². The van der Waals surface area contributed by atoms with E-state index in [9.17, 15) is 9.59 Å². The molecule has 0 saturated carbocycles. The molecule has 5 nitrogen and oxygen atoms in total. The molecule has 0 spiro atoms. The van der Waals surface area contributed by atoms with Gasteiger partial charge in [0.2, 0.25) is 0 Å². The number of hydrogen-bond donors (Lipinski definition) is 0. The van der Waals surface area contributed by atoms with Crippen molar-refractivity contribution in [3.05, 3.63) is 72.3 Å². The lowest BCUT2D eigenvalue weighted by atomic mass is 10.1. The van der Waals surface area contributed by atoms with E-state index in [0.29, 0.717) is 12.1 Å². The van der Waals surface area contributed by atoms with Gasteiger partial charge in [0.05, 0.1) is 11.3 Å². The molecule has 0 saturated heterocycles. The fourth-order valence-electron chi connectivity index (χ4n) is 3.12. The van der Waals surface area contributed by atoms with E-state index in [4.69, 9.17) is 4.74 Å². The molecule has 0 radical (unpaired) electrons. The highest BCUT2D eigenvalue weighted by molar-refractivity contribution is 6.04. The molecule has 5 heteroatoms. The quantitative estimate of drug-likeness (QED) is 0.608. The summed E-state index contributed by atoms with van der Waals surface area (Å²) in [6.45, 7) is 2.09. The Hall–Kier alpha value is -3.34. The van der Waals surface area contributed by atoms with E-state index in [1.54, 1.807) is 23.1 Å². The predicted octanol–water partition coefficient (Wildman–Crippen LogP) is 4.12. The summed E-state index contributed by atoms with van der Waals surface area (Å²) < 4.78 is 5.29. The molecule has 0 aliphatic heterocycles. The lowest BCUT2D eigenvalue weighted by Gasteiger charge is -2.22. The van der Waals surface area contributed by atoms with Crippen LogP contribution in [-0.4, -0.2) is 39.1 Å². The largest absolute Gasteiger partial charge is 0.452 e. The topological polar surface area (TPSA) is 49.9 Å². The van der Waals surface area contributed by atoms with Gasteiger partial charge < -0.3 is 14.5 Å². The first-order chi connectivity index (χ1) is 13.5. The Labute approximate surface area is 165 Å². The molecule has 0 fully saturated rings. The Morgan fingerprint density at radius 3 is 2.39 bits per heavy atom. The van der Waals surface area contributed by atoms with Crippen LogP contribution < -0.4 is 9.80 Å². The molecule has 0 aromatic heterocycles. The molecule has 0 N–H and O–H groups in total. The summed E-state index contributed by atoms with van der Waals surface area (Å²) in [6, 6.07) is 20.9. The van der Waals surface area contributed by atoms with Gasteiger partial charge in [0.25, 0.3) is 5.91 Å². The van der Waals surface area contributed by atoms with Gasteiger partial charge in [0.15, 0.2) is 6.61 Å². The molecular formula is C23H24N2O3. The summed E-state index contributed by atoms with van der Waals surface area (Å²) in [5.74, 6) is -0.762. The van der Waals surface area contributed by atoms with Gasteiger partial charge in [0, 0.05) is 31.7 Å². The zero-order chi connectivity index (χ0) is 20.1. The van der Waals surface area contributed by atoms with Crippen LogP contribution in [0.3, 0.4) is 0 Å². The number of rotatable bonds is 6. The van der Waals surface area contributed by atoms with Crippen LogP contribution in [0.1, 0.15) is 17.3 Å². The van der Waals surface area contributed by atoms with E-state index in [1.165, 1.54) is 0 Å². The van der Waals surface area contributed by atoms with Crippen molar-refractivity contribution in [2.45, 2.75) is 6.92 Å². The van der Waals surface area contributed by atoms with Crippen LogP contribution in [0.15, 0.2) is 66.7 Å². The lowest BCUT2D eigenvalue weighted by molar-refractivity contribution is -0.121. The first-order valence-electron chi connectivity index (χ1n) is 9.24. The van der Waals surface area contributed by atoms with Gasteiger partial charge in [-0.05, 0) is 36.6 Å². The number of benzene rings is 3. The van der Waals surface area contributed by atoms with Gasteiger partial charge in [-0.15, -0.1) is 0 Å². The molecule has 3 rings (SSSR count). The number of carbonyl (C=O) groups is 2. The molecule has 0 bridgehead atoms. The highest BCUT2D eigenvalue weighted by Gasteiger charge is 2.18. The number of fused-ring (bicyclic) bond motifs is 1. The summed E-state index contributed by atoms with van der Waals surface area (Å²) in [4.78, 5) is 28.7. The highest BCUT2D eigenvalue weighted by atomic mass is 16.5. The number of esters is 1. The molecule has 0 unspecified atom stereocenters. The van der Waals surface area contributed by atoms with Gasteiger partial charge >= 0.3 is 5.97 Å². The van der Waals surface area contributed by atoms with E-state index in [2.05, 4.69) is 0 Å². The third-order valence-corrected chi connectivity index (χ3v) is 4.60. The number of anilines is 2. The number of hydrogen-bond acceptors (Lipinski definition) is 4. The van der Waals surface area contributed by atoms with Crippen LogP contribution in [-0.2, 0) is 9.53 Å². The fourth-order valence-corrected chi connectivity index (χ4v) is 3.12. The Morgan fingerprint density at radius 1 is 0.929 bits per heavy atom. The van der Waals surface area contributed by atoms with Gasteiger partial charge in [-0.2, -0.15) is 0 Å². The van der Waals surface area contributed by atoms with Crippen molar-refractivity contribution in [1.29, 1.82) is 0 Å². The zero-order valence-corrected chi connectivity index (χ0v) is 16.4. The second-order valence-electron chi connectivity index (χ2n) is 6.66. The second-order valence-corrected chi connectivity index (χ2v) is 6.66. The molecule has 28 heavy (non-hydrogen) atoms. The van der Waals surface area contributed by atoms with Crippen molar-refractivity contribution >= 4 is 34.0 Å². The SMILES string of the molecule is CCN(C(=O)COC(=O)c1cccc(N(C)C)c1)c1cccc2ccccc12. The van der Waals surface area contributed by atoms with Crippen LogP contribution in [0.5, 0.6) is 0 Å². The average Bonchev–Trinajstić information content (AvgIpc) is 2.72. The van der Waals surface area contributed by atoms with E-state index in [1.807, 2.05) is 74.4 Å². The summed E-state index contributed by atoms with van der Waals surface area (Å²) in [6.07, 6.45) is 0. The molecular weight excluding hydrogens is 352 g/mol. The summed E-state index contributed by atoms with van der Waals surface area (Å²) in [5, 5.41) is 2.05. The Kier molecular flexibility index (Phi) is 5.94. The van der Waals surface area contributed by atoms with Crippen molar-refractivity contribution in [3.63, 3.8) is 0 Å². The van der Waals surface area contributed by atoms with Crippen LogP contribution in [0.2, 0.25) is 0 Å². The number of carbonyl (C=O) groups excluding carboxylic acids is 2. The van der Waals surface area contributed by atoms with Crippen LogP contribution in [0, 0.1) is 0 Å². The van der Waals surface area contributed by atoms with Crippen molar-refractivity contribution in [2.75, 3.05) is 37.0 Å².